The molecular weight excluding hydrogens is 368 g/mol. The first-order chi connectivity index (χ1) is 14.1. The maximum atomic E-state index is 13.0. The highest BCUT2D eigenvalue weighted by Crippen LogP contribution is 2.25. The second kappa shape index (κ2) is 9.24. The molecule has 2 atom stereocenters. The van der Waals surface area contributed by atoms with Crippen molar-refractivity contribution in [2.24, 2.45) is 0 Å². The fraction of sp³-hybridized carbons (Fsp3) is 0.636. The van der Waals surface area contributed by atoms with Gasteiger partial charge in [-0.05, 0) is 32.1 Å². The molecule has 3 fully saturated rings. The lowest BCUT2D eigenvalue weighted by atomic mass is 10.1. The summed E-state index contributed by atoms with van der Waals surface area (Å²) in [7, 11) is 2.13. The Labute approximate surface area is 173 Å². The van der Waals surface area contributed by atoms with E-state index < -0.39 is 0 Å². The summed E-state index contributed by atoms with van der Waals surface area (Å²) >= 11 is 0. The molecule has 4 rings (SSSR count). The summed E-state index contributed by atoms with van der Waals surface area (Å²) in [5.74, 6) is 0.268. The third kappa shape index (κ3) is 4.97. The number of ether oxygens (including phenoxy) is 1. The molecule has 0 N–H and O–H groups in total. The van der Waals surface area contributed by atoms with Gasteiger partial charge in [-0.3, -0.25) is 14.5 Å². The first-order valence-electron chi connectivity index (χ1n) is 10.7. The van der Waals surface area contributed by atoms with Crippen molar-refractivity contribution in [2.75, 3.05) is 59.5 Å². The van der Waals surface area contributed by atoms with Crippen molar-refractivity contribution < 1.29 is 14.3 Å². The van der Waals surface area contributed by atoms with Crippen LogP contribution in [0.15, 0.2) is 30.3 Å². The largest absolute Gasteiger partial charge is 0.374 e. The van der Waals surface area contributed by atoms with Crippen molar-refractivity contribution in [3.05, 3.63) is 35.9 Å². The molecule has 0 radical (unpaired) electrons. The molecule has 1 aromatic rings. The van der Waals surface area contributed by atoms with E-state index >= 15 is 0 Å². The van der Waals surface area contributed by atoms with Gasteiger partial charge >= 0.3 is 0 Å². The number of benzene rings is 1. The van der Waals surface area contributed by atoms with E-state index in [4.69, 9.17) is 4.74 Å². The van der Waals surface area contributed by atoms with E-state index in [9.17, 15) is 9.59 Å². The lowest BCUT2D eigenvalue weighted by molar-refractivity contribution is -0.135. The average Bonchev–Trinajstić information content (AvgIpc) is 2.96. The van der Waals surface area contributed by atoms with Crippen molar-refractivity contribution in [2.45, 2.75) is 31.5 Å². The quantitative estimate of drug-likeness (QED) is 0.743. The summed E-state index contributed by atoms with van der Waals surface area (Å²) < 4.78 is 5.99. The molecule has 158 valence electrons. The van der Waals surface area contributed by atoms with Gasteiger partial charge in [-0.1, -0.05) is 30.3 Å². The van der Waals surface area contributed by atoms with Crippen molar-refractivity contribution in [3.8, 4) is 0 Å². The van der Waals surface area contributed by atoms with Gasteiger partial charge in [0.05, 0.1) is 31.7 Å². The number of likely N-dealkylation sites (tertiary alicyclic amines) is 1. The monoisotopic (exact) mass is 400 g/mol. The summed E-state index contributed by atoms with van der Waals surface area (Å²) in [6, 6.07) is 9.99. The van der Waals surface area contributed by atoms with Gasteiger partial charge in [-0.2, -0.15) is 0 Å². The number of fused-ring (bicyclic) bond motifs is 1. The van der Waals surface area contributed by atoms with Crippen molar-refractivity contribution in [3.63, 3.8) is 0 Å². The second-order valence-corrected chi connectivity index (χ2v) is 8.47. The van der Waals surface area contributed by atoms with E-state index in [-0.39, 0.29) is 24.0 Å². The van der Waals surface area contributed by atoms with Gasteiger partial charge in [-0.25, -0.2) is 0 Å². The number of hydrogen-bond donors (Lipinski definition) is 0. The summed E-state index contributed by atoms with van der Waals surface area (Å²) in [5, 5.41) is 0. The first-order valence-corrected chi connectivity index (χ1v) is 10.7. The maximum Gasteiger partial charge on any atom is 0.236 e. The SMILES string of the molecule is CN1CCCN(CC(=O)N2C[C@@H]3OCCC(=O)N(Cc4ccccc4)[C@H]3C2)CC1. The van der Waals surface area contributed by atoms with Gasteiger partial charge in [0.2, 0.25) is 11.8 Å². The van der Waals surface area contributed by atoms with Gasteiger partial charge in [-0.15, -0.1) is 0 Å². The molecule has 0 spiro atoms. The highest BCUT2D eigenvalue weighted by molar-refractivity contribution is 5.80. The van der Waals surface area contributed by atoms with Crippen molar-refractivity contribution in [1.29, 1.82) is 0 Å². The van der Waals surface area contributed by atoms with Crippen LogP contribution in [0.4, 0.5) is 0 Å². The standard InChI is InChI=1S/C22H32N4O3/c1-23-9-5-10-24(12-11-23)17-22(28)25-15-19-20(16-25)29-13-8-21(27)26(19)14-18-6-3-2-4-7-18/h2-4,6-7,19-20H,5,8-17H2,1H3/t19-,20-/m0/s1. The molecule has 0 saturated carbocycles. The van der Waals surface area contributed by atoms with Crippen LogP contribution in [-0.2, 0) is 20.9 Å². The van der Waals surface area contributed by atoms with Crippen LogP contribution < -0.4 is 0 Å². The zero-order valence-electron chi connectivity index (χ0n) is 17.3. The lowest BCUT2D eigenvalue weighted by Crippen LogP contribution is -2.45. The number of hydrogen-bond acceptors (Lipinski definition) is 5. The molecule has 0 aromatic heterocycles. The van der Waals surface area contributed by atoms with E-state index in [2.05, 4.69) is 16.8 Å². The summed E-state index contributed by atoms with van der Waals surface area (Å²) in [6.45, 7) is 6.59. The molecule has 3 aliphatic heterocycles. The Balaban J connectivity index is 1.41. The second-order valence-electron chi connectivity index (χ2n) is 8.47. The van der Waals surface area contributed by atoms with Gasteiger partial charge in [0.15, 0.2) is 0 Å². The van der Waals surface area contributed by atoms with Gasteiger partial charge in [0.1, 0.15) is 0 Å². The lowest BCUT2D eigenvalue weighted by Gasteiger charge is -2.30. The van der Waals surface area contributed by atoms with Crippen LogP contribution in [0.5, 0.6) is 0 Å². The normalized spacial score (nSPS) is 26.9. The summed E-state index contributed by atoms with van der Waals surface area (Å²) in [5.41, 5.74) is 1.11. The molecule has 0 aliphatic carbocycles. The third-order valence-electron chi connectivity index (χ3n) is 6.32. The van der Waals surface area contributed by atoms with Crippen LogP contribution in [0.1, 0.15) is 18.4 Å². The predicted octanol–water partition coefficient (Wildman–Crippen LogP) is 0.652. The number of nitrogens with zero attached hydrogens (tertiary/aromatic N) is 4. The topological polar surface area (TPSA) is 56.3 Å². The molecule has 3 saturated heterocycles. The van der Waals surface area contributed by atoms with E-state index in [1.807, 2.05) is 40.1 Å². The Morgan fingerprint density at radius 1 is 1.10 bits per heavy atom. The first kappa shape index (κ1) is 20.3. The van der Waals surface area contributed by atoms with Crippen LogP contribution in [0.3, 0.4) is 0 Å². The fourth-order valence-electron chi connectivity index (χ4n) is 4.58. The smallest absolute Gasteiger partial charge is 0.236 e. The minimum Gasteiger partial charge on any atom is -0.374 e. The van der Waals surface area contributed by atoms with Gasteiger partial charge in [0, 0.05) is 32.7 Å². The summed E-state index contributed by atoms with van der Waals surface area (Å²) in [4.78, 5) is 34.2. The molecule has 0 bridgehead atoms. The van der Waals surface area contributed by atoms with Crippen molar-refractivity contribution in [1.82, 2.24) is 19.6 Å². The number of carbonyl (C=O) groups is 2. The zero-order chi connectivity index (χ0) is 20.2. The molecule has 3 aliphatic rings. The third-order valence-corrected chi connectivity index (χ3v) is 6.32. The molecule has 1 aromatic carbocycles. The number of rotatable bonds is 4. The Hall–Kier alpha value is -1.96. The van der Waals surface area contributed by atoms with Crippen LogP contribution in [0, 0.1) is 0 Å². The molecule has 3 heterocycles. The zero-order valence-corrected chi connectivity index (χ0v) is 17.3. The molecule has 29 heavy (non-hydrogen) atoms. The van der Waals surface area contributed by atoms with Gasteiger partial charge in [0.25, 0.3) is 0 Å². The minimum absolute atomic E-state index is 0.0653. The highest BCUT2D eigenvalue weighted by Gasteiger charge is 2.43. The Bertz CT molecular complexity index is 713. The minimum atomic E-state index is -0.0932. The van der Waals surface area contributed by atoms with Crippen LogP contribution in [0.25, 0.3) is 0 Å². The van der Waals surface area contributed by atoms with E-state index in [0.717, 1.165) is 38.2 Å². The van der Waals surface area contributed by atoms with Crippen molar-refractivity contribution >= 4 is 11.8 Å². The molecular formula is C22H32N4O3. The fourth-order valence-corrected chi connectivity index (χ4v) is 4.58. The highest BCUT2D eigenvalue weighted by atomic mass is 16.5. The van der Waals surface area contributed by atoms with Gasteiger partial charge < -0.3 is 19.4 Å². The van der Waals surface area contributed by atoms with Crippen LogP contribution >= 0.6 is 0 Å². The van der Waals surface area contributed by atoms with Crippen LogP contribution in [0.2, 0.25) is 0 Å². The predicted molar refractivity (Wildman–Crippen MR) is 110 cm³/mol. The maximum absolute atomic E-state index is 13.0. The van der Waals surface area contributed by atoms with E-state index in [1.54, 1.807) is 0 Å². The Morgan fingerprint density at radius 3 is 2.76 bits per heavy atom. The van der Waals surface area contributed by atoms with Crippen LogP contribution in [-0.4, -0.2) is 103 Å². The summed E-state index contributed by atoms with van der Waals surface area (Å²) in [6.07, 6.45) is 1.41. The van der Waals surface area contributed by atoms with E-state index in [0.29, 0.717) is 39.2 Å². The number of carbonyl (C=O) groups excluding carboxylic acids is 2. The Morgan fingerprint density at radius 2 is 1.93 bits per heavy atom. The number of amides is 2. The van der Waals surface area contributed by atoms with E-state index in [1.165, 1.54) is 0 Å². The molecule has 7 nitrogen and oxygen atoms in total. The molecule has 2 amide bonds. The average molecular weight is 401 g/mol. The Kier molecular flexibility index (Phi) is 6.47. The number of likely N-dealkylation sites (N-methyl/N-ethyl adjacent to an activating group) is 1. The molecule has 7 heteroatoms. The molecule has 0 unspecified atom stereocenters.